The topological polar surface area (TPSA) is 38.8 Å². The Morgan fingerprint density at radius 2 is 2.06 bits per heavy atom. The van der Waals surface area contributed by atoms with Crippen LogP contribution in [-0.4, -0.2) is 44.2 Å². The summed E-state index contributed by atoms with van der Waals surface area (Å²) in [5, 5.41) is 0. The first-order valence-corrected chi connectivity index (χ1v) is 5.62. The summed E-state index contributed by atoms with van der Waals surface area (Å²) < 4.78 is 10.4. The summed E-state index contributed by atoms with van der Waals surface area (Å²) in [6.07, 6.45) is 0.186. The van der Waals surface area contributed by atoms with Crippen LogP contribution in [0.15, 0.2) is 18.2 Å². The molecule has 1 heterocycles. The largest absolute Gasteiger partial charge is 0.496 e. The monoisotopic (exact) mass is 235 g/mol. The van der Waals surface area contributed by atoms with Crippen LogP contribution in [0.5, 0.6) is 5.75 Å². The predicted molar refractivity (Wildman–Crippen MR) is 64.4 cm³/mol. The van der Waals surface area contributed by atoms with Gasteiger partial charge < -0.3 is 14.4 Å². The molecule has 1 saturated heterocycles. The average Bonchev–Trinajstić information content (AvgIpc) is 2.28. The molecule has 92 valence electrons. The van der Waals surface area contributed by atoms with Crippen LogP contribution in [0, 0.1) is 6.92 Å². The van der Waals surface area contributed by atoms with E-state index in [1.807, 2.05) is 19.1 Å². The van der Waals surface area contributed by atoms with Crippen molar-refractivity contribution >= 4 is 5.91 Å². The Kier molecular flexibility index (Phi) is 3.33. The first-order chi connectivity index (χ1) is 8.15. The molecule has 0 N–H and O–H groups in total. The zero-order valence-corrected chi connectivity index (χ0v) is 10.4. The van der Waals surface area contributed by atoms with Gasteiger partial charge in [0, 0.05) is 25.8 Å². The van der Waals surface area contributed by atoms with E-state index in [9.17, 15) is 4.79 Å². The summed E-state index contributed by atoms with van der Waals surface area (Å²) in [6.45, 7) is 3.30. The zero-order chi connectivity index (χ0) is 12.4. The number of likely N-dealkylation sites (tertiary alicyclic amines) is 1. The second-order valence-corrected chi connectivity index (χ2v) is 4.25. The van der Waals surface area contributed by atoms with Crippen molar-refractivity contribution in [2.24, 2.45) is 0 Å². The summed E-state index contributed by atoms with van der Waals surface area (Å²) in [5.74, 6) is 0.788. The number of carbonyl (C=O) groups excluding carboxylic acids is 1. The molecule has 1 aromatic rings. The van der Waals surface area contributed by atoms with Gasteiger partial charge in [-0.3, -0.25) is 4.79 Å². The highest BCUT2D eigenvalue weighted by Gasteiger charge is 2.31. The average molecular weight is 235 g/mol. The fourth-order valence-electron chi connectivity index (χ4n) is 1.89. The van der Waals surface area contributed by atoms with Gasteiger partial charge in [-0.25, -0.2) is 0 Å². The van der Waals surface area contributed by atoms with Crippen LogP contribution in [0.1, 0.15) is 15.9 Å². The lowest BCUT2D eigenvalue weighted by atomic mass is 10.1. The van der Waals surface area contributed by atoms with Gasteiger partial charge in [0.1, 0.15) is 5.75 Å². The van der Waals surface area contributed by atoms with Crippen molar-refractivity contribution in [2.45, 2.75) is 13.0 Å². The van der Waals surface area contributed by atoms with E-state index in [1.54, 1.807) is 25.2 Å². The van der Waals surface area contributed by atoms with Gasteiger partial charge in [-0.15, -0.1) is 0 Å². The number of carbonyl (C=O) groups is 1. The van der Waals surface area contributed by atoms with Crippen molar-refractivity contribution in [1.29, 1.82) is 0 Å². The minimum Gasteiger partial charge on any atom is -0.496 e. The Morgan fingerprint density at radius 1 is 1.35 bits per heavy atom. The van der Waals surface area contributed by atoms with Crippen molar-refractivity contribution in [3.05, 3.63) is 29.3 Å². The van der Waals surface area contributed by atoms with Crippen LogP contribution >= 0.6 is 0 Å². The van der Waals surface area contributed by atoms with Crippen molar-refractivity contribution in [1.82, 2.24) is 4.90 Å². The molecule has 2 rings (SSSR count). The Labute approximate surface area is 101 Å². The highest BCUT2D eigenvalue weighted by molar-refractivity contribution is 5.95. The molecule has 1 amide bonds. The van der Waals surface area contributed by atoms with E-state index >= 15 is 0 Å². The number of aryl methyl sites for hydroxylation is 1. The summed E-state index contributed by atoms with van der Waals surface area (Å²) in [7, 11) is 3.28. The molecule has 4 heteroatoms. The van der Waals surface area contributed by atoms with Crippen molar-refractivity contribution in [2.75, 3.05) is 27.3 Å². The normalized spacial score (nSPS) is 15.6. The molecular formula is C13H17NO3. The van der Waals surface area contributed by atoms with Gasteiger partial charge in [0.05, 0.1) is 13.2 Å². The quantitative estimate of drug-likeness (QED) is 0.796. The molecule has 4 nitrogen and oxygen atoms in total. The summed E-state index contributed by atoms with van der Waals surface area (Å²) in [4.78, 5) is 13.9. The van der Waals surface area contributed by atoms with E-state index in [-0.39, 0.29) is 12.0 Å². The van der Waals surface area contributed by atoms with Crippen LogP contribution in [0.25, 0.3) is 0 Å². The lowest BCUT2D eigenvalue weighted by molar-refractivity contribution is -0.0192. The standard InChI is InChI=1S/C13H17NO3/c1-9-4-5-10(6-12(9)17-3)13(15)14-7-11(8-14)16-2/h4-6,11H,7-8H2,1-3H3. The SMILES string of the molecule is COc1cc(C(=O)N2CC(OC)C2)ccc1C. The second kappa shape index (κ2) is 4.75. The Bertz CT molecular complexity index is 425. The molecule has 0 radical (unpaired) electrons. The van der Waals surface area contributed by atoms with Crippen molar-refractivity contribution in [3.63, 3.8) is 0 Å². The molecular weight excluding hydrogens is 218 g/mol. The van der Waals surface area contributed by atoms with E-state index in [1.165, 1.54) is 0 Å². The molecule has 0 aliphatic carbocycles. The Morgan fingerprint density at radius 3 is 2.65 bits per heavy atom. The van der Waals surface area contributed by atoms with Gasteiger partial charge in [-0.1, -0.05) is 6.07 Å². The number of nitrogens with zero attached hydrogens (tertiary/aromatic N) is 1. The van der Waals surface area contributed by atoms with Gasteiger partial charge in [-0.05, 0) is 24.6 Å². The Hall–Kier alpha value is -1.55. The number of methoxy groups -OCH3 is 2. The van der Waals surface area contributed by atoms with Crippen LogP contribution < -0.4 is 4.74 Å². The lowest BCUT2D eigenvalue weighted by Gasteiger charge is -2.38. The molecule has 1 aromatic carbocycles. The second-order valence-electron chi connectivity index (χ2n) is 4.25. The smallest absolute Gasteiger partial charge is 0.254 e. The third kappa shape index (κ3) is 2.26. The summed E-state index contributed by atoms with van der Waals surface area (Å²) in [6, 6.07) is 5.53. The molecule has 0 unspecified atom stereocenters. The number of rotatable bonds is 3. The molecule has 0 atom stereocenters. The fourth-order valence-corrected chi connectivity index (χ4v) is 1.89. The first kappa shape index (κ1) is 11.9. The molecule has 17 heavy (non-hydrogen) atoms. The van der Waals surface area contributed by atoms with E-state index in [0.29, 0.717) is 18.7 Å². The highest BCUT2D eigenvalue weighted by atomic mass is 16.5. The fraction of sp³-hybridized carbons (Fsp3) is 0.462. The number of ether oxygens (including phenoxy) is 2. The van der Waals surface area contributed by atoms with E-state index in [4.69, 9.17) is 9.47 Å². The maximum absolute atomic E-state index is 12.1. The van der Waals surface area contributed by atoms with Crippen molar-refractivity contribution < 1.29 is 14.3 Å². The molecule has 0 aromatic heterocycles. The van der Waals surface area contributed by atoms with Crippen LogP contribution in [-0.2, 0) is 4.74 Å². The summed E-state index contributed by atoms with van der Waals surface area (Å²) in [5.41, 5.74) is 1.70. The molecule has 0 saturated carbocycles. The number of amides is 1. The zero-order valence-electron chi connectivity index (χ0n) is 10.4. The Balaban J connectivity index is 2.10. The summed E-state index contributed by atoms with van der Waals surface area (Å²) >= 11 is 0. The highest BCUT2D eigenvalue weighted by Crippen LogP contribution is 2.22. The first-order valence-electron chi connectivity index (χ1n) is 5.62. The van der Waals surface area contributed by atoms with Gasteiger partial charge in [0.15, 0.2) is 0 Å². The molecule has 0 bridgehead atoms. The minimum absolute atomic E-state index is 0.0385. The van der Waals surface area contributed by atoms with Crippen molar-refractivity contribution in [3.8, 4) is 5.75 Å². The van der Waals surface area contributed by atoms with Gasteiger partial charge in [0.2, 0.25) is 0 Å². The molecule has 0 spiro atoms. The molecule has 1 fully saturated rings. The third-order valence-electron chi connectivity index (χ3n) is 3.12. The van der Waals surface area contributed by atoms with Crippen LogP contribution in [0.4, 0.5) is 0 Å². The van der Waals surface area contributed by atoms with Crippen LogP contribution in [0.2, 0.25) is 0 Å². The number of benzene rings is 1. The van der Waals surface area contributed by atoms with Crippen LogP contribution in [0.3, 0.4) is 0 Å². The van der Waals surface area contributed by atoms with E-state index in [0.717, 1.165) is 11.3 Å². The maximum Gasteiger partial charge on any atom is 0.254 e. The molecule has 1 aliphatic heterocycles. The van der Waals surface area contributed by atoms with Gasteiger partial charge in [-0.2, -0.15) is 0 Å². The maximum atomic E-state index is 12.1. The molecule has 1 aliphatic rings. The third-order valence-corrected chi connectivity index (χ3v) is 3.12. The van der Waals surface area contributed by atoms with E-state index < -0.39 is 0 Å². The number of hydrogen-bond acceptors (Lipinski definition) is 3. The number of hydrogen-bond donors (Lipinski definition) is 0. The predicted octanol–water partition coefficient (Wildman–Crippen LogP) is 1.47. The minimum atomic E-state index is 0.0385. The lowest BCUT2D eigenvalue weighted by Crippen LogP contribution is -2.54. The van der Waals surface area contributed by atoms with Gasteiger partial charge in [0.25, 0.3) is 5.91 Å². The van der Waals surface area contributed by atoms with E-state index in [2.05, 4.69) is 0 Å². The van der Waals surface area contributed by atoms with Gasteiger partial charge >= 0.3 is 0 Å².